The highest BCUT2D eigenvalue weighted by Crippen LogP contribution is 2.05. The van der Waals surface area contributed by atoms with Gasteiger partial charge in [-0.3, -0.25) is 9.78 Å². The molecular formula is C11H16N2O4. The van der Waals surface area contributed by atoms with Crippen LogP contribution in [0.15, 0.2) is 24.5 Å². The van der Waals surface area contributed by atoms with Gasteiger partial charge in [-0.2, -0.15) is 0 Å². The summed E-state index contributed by atoms with van der Waals surface area (Å²) in [7, 11) is 3.01. The number of rotatable bonds is 7. The molecule has 6 heteroatoms. The normalized spacial score (nSPS) is 10.3. The number of aromatic nitrogens is 1. The number of carbonyl (C=O) groups is 1. The molecule has 1 N–H and O–H groups in total. The van der Waals surface area contributed by atoms with Crippen LogP contribution in [-0.2, 0) is 14.3 Å². The lowest BCUT2D eigenvalue weighted by Gasteiger charge is -2.14. The number of pyridine rings is 1. The SMILES string of the molecule is COC(CNC(=O)COc1cccnc1)OC. The van der Waals surface area contributed by atoms with Crippen LogP contribution >= 0.6 is 0 Å². The van der Waals surface area contributed by atoms with Gasteiger partial charge in [0, 0.05) is 20.4 Å². The fraction of sp³-hybridized carbons (Fsp3) is 0.455. The van der Waals surface area contributed by atoms with Gasteiger partial charge in [0.25, 0.3) is 5.91 Å². The van der Waals surface area contributed by atoms with E-state index in [0.717, 1.165) is 0 Å². The Bertz CT molecular complexity index is 328. The molecule has 6 nitrogen and oxygen atoms in total. The van der Waals surface area contributed by atoms with E-state index in [4.69, 9.17) is 14.2 Å². The van der Waals surface area contributed by atoms with Crippen LogP contribution in [-0.4, -0.2) is 44.6 Å². The van der Waals surface area contributed by atoms with Gasteiger partial charge in [-0.15, -0.1) is 0 Å². The Balaban J connectivity index is 2.22. The number of hydrogen-bond acceptors (Lipinski definition) is 5. The zero-order valence-electron chi connectivity index (χ0n) is 9.88. The lowest BCUT2D eigenvalue weighted by molar-refractivity contribution is -0.129. The van der Waals surface area contributed by atoms with Gasteiger partial charge < -0.3 is 19.5 Å². The zero-order chi connectivity index (χ0) is 12.5. The summed E-state index contributed by atoms with van der Waals surface area (Å²) in [5.74, 6) is 0.311. The molecule has 0 atom stereocenters. The summed E-state index contributed by atoms with van der Waals surface area (Å²) in [6.45, 7) is 0.216. The molecule has 0 aliphatic heterocycles. The summed E-state index contributed by atoms with van der Waals surface area (Å²) in [5.41, 5.74) is 0. The molecule has 0 aliphatic rings. The zero-order valence-corrected chi connectivity index (χ0v) is 9.88. The van der Waals surface area contributed by atoms with Crippen LogP contribution in [0.2, 0.25) is 0 Å². The van der Waals surface area contributed by atoms with Gasteiger partial charge in [0.15, 0.2) is 12.9 Å². The summed E-state index contributed by atoms with van der Waals surface area (Å²) in [4.78, 5) is 15.3. The van der Waals surface area contributed by atoms with Gasteiger partial charge in [-0.25, -0.2) is 0 Å². The first-order valence-corrected chi connectivity index (χ1v) is 5.11. The van der Waals surface area contributed by atoms with Crippen LogP contribution in [0.5, 0.6) is 5.75 Å². The van der Waals surface area contributed by atoms with Gasteiger partial charge in [-0.05, 0) is 12.1 Å². The maximum absolute atomic E-state index is 11.4. The molecule has 0 saturated heterocycles. The highest BCUT2D eigenvalue weighted by atomic mass is 16.7. The average Bonchev–Trinajstić information content (AvgIpc) is 2.39. The second kappa shape index (κ2) is 7.59. The fourth-order valence-corrected chi connectivity index (χ4v) is 1.09. The molecular weight excluding hydrogens is 224 g/mol. The number of nitrogens with one attached hydrogen (secondary N) is 1. The summed E-state index contributed by atoms with van der Waals surface area (Å²) in [6, 6.07) is 3.46. The first kappa shape index (κ1) is 13.4. The number of nitrogens with zero attached hydrogens (tertiary/aromatic N) is 1. The van der Waals surface area contributed by atoms with E-state index < -0.39 is 6.29 Å². The average molecular weight is 240 g/mol. The van der Waals surface area contributed by atoms with E-state index >= 15 is 0 Å². The van der Waals surface area contributed by atoms with Crippen molar-refractivity contribution in [2.75, 3.05) is 27.4 Å². The second-order valence-electron chi connectivity index (χ2n) is 3.18. The van der Waals surface area contributed by atoms with Gasteiger partial charge in [-0.1, -0.05) is 0 Å². The molecule has 1 aromatic heterocycles. The molecule has 0 saturated carbocycles. The largest absolute Gasteiger partial charge is 0.482 e. The molecule has 0 bridgehead atoms. The maximum atomic E-state index is 11.4. The van der Waals surface area contributed by atoms with Crippen LogP contribution < -0.4 is 10.1 Å². The van der Waals surface area contributed by atoms with E-state index in [2.05, 4.69) is 10.3 Å². The Morgan fingerprint density at radius 3 is 2.82 bits per heavy atom. The number of carbonyl (C=O) groups excluding carboxylic acids is 1. The molecule has 94 valence electrons. The van der Waals surface area contributed by atoms with Crippen molar-refractivity contribution in [1.82, 2.24) is 10.3 Å². The van der Waals surface area contributed by atoms with Crippen molar-refractivity contribution in [3.63, 3.8) is 0 Å². The molecule has 1 heterocycles. The Kier molecular flexibility index (Phi) is 5.98. The van der Waals surface area contributed by atoms with Crippen molar-refractivity contribution in [2.45, 2.75) is 6.29 Å². The highest BCUT2D eigenvalue weighted by Gasteiger charge is 2.08. The van der Waals surface area contributed by atoms with E-state index in [1.54, 1.807) is 24.5 Å². The third kappa shape index (κ3) is 5.28. The van der Waals surface area contributed by atoms with Crippen molar-refractivity contribution in [3.8, 4) is 5.75 Å². The van der Waals surface area contributed by atoms with E-state index in [-0.39, 0.29) is 19.1 Å². The standard InChI is InChI=1S/C11H16N2O4/c1-15-11(16-2)7-13-10(14)8-17-9-4-3-5-12-6-9/h3-6,11H,7-8H2,1-2H3,(H,13,14). The third-order valence-electron chi connectivity index (χ3n) is 2.00. The topological polar surface area (TPSA) is 69.7 Å². The second-order valence-corrected chi connectivity index (χ2v) is 3.18. The molecule has 0 spiro atoms. The van der Waals surface area contributed by atoms with Gasteiger partial charge in [0.05, 0.1) is 12.7 Å². The van der Waals surface area contributed by atoms with Crippen LogP contribution in [0.25, 0.3) is 0 Å². The van der Waals surface area contributed by atoms with Crippen molar-refractivity contribution < 1.29 is 19.0 Å². The van der Waals surface area contributed by atoms with Gasteiger partial charge in [0.2, 0.25) is 0 Å². The van der Waals surface area contributed by atoms with E-state index in [0.29, 0.717) is 5.75 Å². The molecule has 0 aromatic carbocycles. The van der Waals surface area contributed by atoms with Crippen molar-refractivity contribution >= 4 is 5.91 Å². The first-order chi connectivity index (χ1) is 8.26. The van der Waals surface area contributed by atoms with Gasteiger partial charge in [0.1, 0.15) is 5.75 Å². The van der Waals surface area contributed by atoms with Crippen LogP contribution in [0.1, 0.15) is 0 Å². The highest BCUT2D eigenvalue weighted by molar-refractivity contribution is 5.77. The van der Waals surface area contributed by atoms with Crippen LogP contribution in [0, 0.1) is 0 Å². The smallest absolute Gasteiger partial charge is 0.258 e. The molecule has 1 aromatic rings. The van der Waals surface area contributed by atoms with Crippen LogP contribution in [0.4, 0.5) is 0 Å². The summed E-state index contributed by atoms with van der Waals surface area (Å²) in [5, 5.41) is 2.62. The molecule has 1 rings (SSSR count). The minimum atomic E-state index is -0.447. The van der Waals surface area contributed by atoms with Crippen molar-refractivity contribution in [2.24, 2.45) is 0 Å². The quantitative estimate of drug-likeness (QED) is 0.689. The Hall–Kier alpha value is -1.66. The number of amides is 1. The van der Waals surface area contributed by atoms with Crippen molar-refractivity contribution in [1.29, 1.82) is 0 Å². The molecule has 17 heavy (non-hydrogen) atoms. The number of hydrogen-bond donors (Lipinski definition) is 1. The lowest BCUT2D eigenvalue weighted by atomic mass is 10.4. The summed E-state index contributed by atoms with van der Waals surface area (Å²) >= 11 is 0. The number of ether oxygens (including phenoxy) is 3. The minimum absolute atomic E-state index is 0.0636. The first-order valence-electron chi connectivity index (χ1n) is 5.11. The summed E-state index contributed by atoms with van der Waals surface area (Å²) < 4.78 is 15.1. The van der Waals surface area contributed by atoms with Gasteiger partial charge >= 0.3 is 0 Å². The molecule has 0 radical (unpaired) electrons. The summed E-state index contributed by atoms with van der Waals surface area (Å²) in [6.07, 6.45) is 2.73. The fourth-order valence-electron chi connectivity index (χ4n) is 1.09. The predicted octanol–water partition coefficient (Wildman–Crippen LogP) is 0.195. The Morgan fingerprint density at radius 1 is 1.47 bits per heavy atom. The van der Waals surface area contributed by atoms with Crippen molar-refractivity contribution in [3.05, 3.63) is 24.5 Å². The predicted molar refractivity (Wildman–Crippen MR) is 60.5 cm³/mol. The minimum Gasteiger partial charge on any atom is -0.482 e. The van der Waals surface area contributed by atoms with E-state index in [1.807, 2.05) is 0 Å². The Morgan fingerprint density at radius 2 is 2.24 bits per heavy atom. The monoisotopic (exact) mass is 240 g/mol. The van der Waals surface area contributed by atoms with E-state index in [9.17, 15) is 4.79 Å². The molecule has 0 aliphatic carbocycles. The maximum Gasteiger partial charge on any atom is 0.258 e. The lowest BCUT2D eigenvalue weighted by Crippen LogP contribution is -2.36. The number of methoxy groups -OCH3 is 2. The molecule has 1 amide bonds. The van der Waals surface area contributed by atoms with E-state index in [1.165, 1.54) is 14.2 Å². The Labute approximate surface area is 99.9 Å². The molecule has 0 fully saturated rings. The third-order valence-corrected chi connectivity index (χ3v) is 2.00. The van der Waals surface area contributed by atoms with Crippen LogP contribution in [0.3, 0.4) is 0 Å². The molecule has 0 unspecified atom stereocenters.